The van der Waals surface area contributed by atoms with Crippen LogP contribution in [0.25, 0.3) is 0 Å². The van der Waals surface area contributed by atoms with Crippen molar-refractivity contribution in [1.29, 1.82) is 0 Å². The zero-order valence-corrected chi connectivity index (χ0v) is 9.58. The molecule has 0 aromatic heterocycles. The average molecular weight is 246 g/mol. The molecule has 6 heteroatoms. The molecule has 0 radical (unpaired) electrons. The Hall–Kier alpha value is -1.43. The van der Waals surface area contributed by atoms with Crippen LogP contribution in [0, 0.1) is 5.82 Å². The van der Waals surface area contributed by atoms with E-state index in [0.717, 1.165) is 12.3 Å². The molecule has 0 bridgehead atoms. The van der Waals surface area contributed by atoms with E-state index >= 15 is 0 Å². The van der Waals surface area contributed by atoms with E-state index in [-0.39, 0.29) is 10.5 Å². The molecule has 1 N–H and O–H groups in total. The van der Waals surface area contributed by atoms with Crippen LogP contribution in [-0.4, -0.2) is 25.7 Å². The van der Waals surface area contributed by atoms with Gasteiger partial charge in [-0.05, 0) is 19.1 Å². The van der Waals surface area contributed by atoms with Crippen LogP contribution < -0.4 is 0 Å². The van der Waals surface area contributed by atoms with E-state index in [1.165, 1.54) is 19.1 Å². The molecular formula is C10H11FO4S. The van der Waals surface area contributed by atoms with Gasteiger partial charge in [0.15, 0.2) is 9.84 Å². The molecule has 0 aliphatic heterocycles. The van der Waals surface area contributed by atoms with Crippen LogP contribution in [-0.2, 0) is 14.6 Å². The Morgan fingerprint density at radius 2 is 2.00 bits per heavy atom. The Morgan fingerprint density at radius 1 is 1.44 bits per heavy atom. The van der Waals surface area contributed by atoms with E-state index in [0.29, 0.717) is 0 Å². The number of carboxylic acids is 1. The summed E-state index contributed by atoms with van der Waals surface area (Å²) in [5.41, 5.74) is -0.294. The highest BCUT2D eigenvalue weighted by Gasteiger charge is 2.25. The molecule has 0 saturated heterocycles. The Morgan fingerprint density at radius 3 is 2.44 bits per heavy atom. The first-order valence-corrected chi connectivity index (χ1v) is 6.35. The Kier molecular flexibility index (Phi) is 3.32. The van der Waals surface area contributed by atoms with E-state index in [1.807, 2.05) is 0 Å². The predicted octanol–water partition coefficient (Wildman–Crippen LogP) is 1.42. The van der Waals surface area contributed by atoms with Crippen molar-refractivity contribution in [1.82, 2.24) is 0 Å². The summed E-state index contributed by atoms with van der Waals surface area (Å²) in [4.78, 5) is 10.5. The standard InChI is InChI=1S/C10H11FO4S/c1-6(10(12)13)9-7(11)4-3-5-8(9)16(2,14)15/h3-6H,1-2H3,(H,12,13). The first kappa shape index (κ1) is 12.6. The normalized spacial score (nSPS) is 13.4. The van der Waals surface area contributed by atoms with Crippen molar-refractivity contribution >= 4 is 15.8 Å². The third-order valence-corrected chi connectivity index (χ3v) is 3.37. The summed E-state index contributed by atoms with van der Waals surface area (Å²) in [6.45, 7) is 1.25. The van der Waals surface area contributed by atoms with Gasteiger partial charge in [-0.25, -0.2) is 12.8 Å². The minimum Gasteiger partial charge on any atom is -0.481 e. The lowest BCUT2D eigenvalue weighted by Crippen LogP contribution is -2.14. The molecule has 0 saturated carbocycles. The summed E-state index contributed by atoms with van der Waals surface area (Å²) in [6.07, 6.45) is 0.917. The van der Waals surface area contributed by atoms with Crippen molar-refractivity contribution in [3.8, 4) is 0 Å². The number of carboxylic acid groups (broad SMARTS) is 1. The quantitative estimate of drug-likeness (QED) is 0.875. The molecule has 0 fully saturated rings. The minimum absolute atomic E-state index is 0.276. The molecule has 1 aromatic rings. The van der Waals surface area contributed by atoms with Crippen LogP contribution in [0.3, 0.4) is 0 Å². The second kappa shape index (κ2) is 4.21. The van der Waals surface area contributed by atoms with Crippen molar-refractivity contribution in [2.75, 3.05) is 6.26 Å². The number of aliphatic carboxylic acids is 1. The summed E-state index contributed by atoms with van der Waals surface area (Å²) < 4.78 is 36.2. The van der Waals surface area contributed by atoms with E-state index in [2.05, 4.69) is 0 Å². The van der Waals surface area contributed by atoms with E-state index in [4.69, 9.17) is 5.11 Å². The Bertz CT molecular complexity index is 522. The average Bonchev–Trinajstić information content (AvgIpc) is 2.14. The number of benzene rings is 1. The number of hydrogen-bond acceptors (Lipinski definition) is 3. The van der Waals surface area contributed by atoms with Crippen molar-refractivity contribution < 1.29 is 22.7 Å². The largest absolute Gasteiger partial charge is 0.481 e. The SMILES string of the molecule is CC(C(=O)O)c1c(F)cccc1S(C)(=O)=O. The monoisotopic (exact) mass is 246 g/mol. The molecule has 4 nitrogen and oxygen atoms in total. The third-order valence-electron chi connectivity index (χ3n) is 2.22. The van der Waals surface area contributed by atoms with Crippen molar-refractivity contribution in [3.63, 3.8) is 0 Å². The fourth-order valence-corrected chi connectivity index (χ4v) is 2.38. The Labute approximate surface area is 92.6 Å². The minimum atomic E-state index is -3.64. The lowest BCUT2D eigenvalue weighted by molar-refractivity contribution is -0.138. The van der Waals surface area contributed by atoms with E-state index in [1.54, 1.807) is 0 Å². The maximum Gasteiger partial charge on any atom is 0.310 e. The molecule has 1 aromatic carbocycles. The lowest BCUT2D eigenvalue weighted by atomic mass is 10.0. The van der Waals surface area contributed by atoms with Gasteiger partial charge in [-0.3, -0.25) is 4.79 Å². The molecule has 1 atom stereocenters. The molecule has 0 aliphatic carbocycles. The van der Waals surface area contributed by atoms with E-state index in [9.17, 15) is 17.6 Å². The van der Waals surface area contributed by atoms with Crippen LogP contribution in [0.4, 0.5) is 4.39 Å². The van der Waals surface area contributed by atoms with Crippen molar-refractivity contribution in [2.24, 2.45) is 0 Å². The molecule has 16 heavy (non-hydrogen) atoms. The Balaban J connectivity index is 3.53. The molecule has 1 unspecified atom stereocenters. The summed E-state index contributed by atoms with van der Waals surface area (Å²) in [5.74, 6) is -3.29. The van der Waals surface area contributed by atoms with Crippen LogP contribution in [0.1, 0.15) is 18.4 Å². The van der Waals surface area contributed by atoms with Crippen molar-refractivity contribution in [2.45, 2.75) is 17.7 Å². The summed E-state index contributed by atoms with van der Waals surface area (Å²) in [6, 6.07) is 3.49. The number of rotatable bonds is 3. The molecular weight excluding hydrogens is 235 g/mol. The van der Waals surface area contributed by atoms with Gasteiger partial charge in [0.2, 0.25) is 0 Å². The molecule has 0 amide bonds. The lowest BCUT2D eigenvalue weighted by Gasteiger charge is -2.12. The number of sulfone groups is 1. The van der Waals surface area contributed by atoms with Crippen LogP contribution in [0.5, 0.6) is 0 Å². The fourth-order valence-electron chi connectivity index (χ4n) is 1.38. The summed E-state index contributed by atoms with van der Waals surface area (Å²) in [5, 5.41) is 8.79. The van der Waals surface area contributed by atoms with Gasteiger partial charge in [-0.2, -0.15) is 0 Å². The van der Waals surface area contributed by atoms with Crippen LogP contribution in [0.15, 0.2) is 23.1 Å². The number of carbonyl (C=O) groups is 1. The first-order valence-electron chi connectivity index (χ1n) is 4.46. The third kappa shape index (κ3) is 2.38. The fraction of sp³-hybridized carbons (Fsp3) is 0.300. The topological polar surface area (TPSA) is 71.4 Å². The molecule has 1 rings (SSSR count). The summed E-state index contributed by atoms with van der Waals surface area (Å²) >= 11 is 0. The van der Waals surface area contributed by atoms with Crippen molar-refractivity contribution in [3.05, 3.63) is 29.6 Å². The highest BCUT2D eigenvalue weighted by molar-refractivity contribution is 7.90. The zero-order chi connectivity index (χ0) is 12.5. The number of hydrogen-bond donors (Lipinski definition) is 1. The smallest absolute Gasteiger partial charge is 0.310 e. The second-order valence-corrected chi connectivity index (χ2v) is 5.47. The molecule has 0 spiro atoms. The van der Waals surface area contributed by atoms with Crippen LogP contribution in [0.2, 0.25) is 0 Å². The van der Waals surface area contributed by atoms with Crippen LogP contribution >= 0.6 is 0 Å². The predicted molar refractivity (Wildman–Crippen MR) is 55.6 cm³/mol. The highest BCUT2D eigenvalue weighted by Crippen LogP contribution is 2.26. The van der Waals surface area contributed by atoms with Gasteiger partial charge in [0.1, 0.15) is 5.82 Å². The van der Waals surface area contributed by atoms with E-state index < -0.39 is 27.5 Å². The van der Waals surface area contributed by atoms with Gasteiger partial charge >= 0.3 is 5.97 Å². The van der Waals surface area contributed by atoms with Gasteiger partial charge in [-0.1, -0.05) is 6.07 Å². The zero-order valence-electron chi connectivity index (χ0n) is 8.77. The second-order valence-electron chi connectivity index (χ2n) is 3.48. The molecule has 0 aliphatic rings. The maximum absolute atomic E-state index is 13.5. The highest BCUT2D eigenvalue weighted by atomic mass is 32.2. The van der Waals surface area contributed by atoms with Gasteiger partial charge in [0.25, 0.3) is 0 Å². The molecule has 88 valence electrons. The van der Waals surface area contributed by atoms with Gasteiger partial charge in [0, 0.05) is 11.8 Å². The summed E-state index contributed by atoms with van der Waals surface area (Å²) in [7, 11) is -3.64. The first-order chi connectivity index (χ1) is 7.25. The number of halogens is 1. The molecule has 0 heterocycles. The van der Waals surface area contributed by atoms with Gasteiger partial charge < -0.3 is 5.11 Å². The van der Waals surface area contributed by atoms with Gasteiger partial charge in [0.05, 0.1) is 10.8 Å². The maximum atomic E-state index is 13.5. The van der Waals surface area contributed by atoms with Gasteiger partial charge in [-0.15, -0.1) is 0 Å².